The quantitative estimate of drug-likeness (QED) is 0.540. The largest absolute Gasteiger partial charge is 0.453 e. The summed E-state index contributed by atoms with van der Waals surface area (Å²) in [5.41, 5.74) is 7.35. The zero-order chi connectivity index (χ0) is 19.7. The Morgan fingerprint density at radius 1 is 1.21 bits per heavy atom. The lowest BCUT2D eigenvalue weighted by Gasteiger charge is -2.18. The Kier molecular flexibility index (Phi) is 5.29. The van der Waals surface area contributed by atoms with E-state index in [0.29, 0.717) is 10.6 Å². The van der Waals surface area contributed by atoms with Gasteiger partial charge in [0, 0.05) is 22.7 Å². The van der Waals surface area contributed by atoms with Crippen LogP contribution in [0.4, 0.5) is 0 Å². The van der Waals surface area contributed by atoms with Crippen LogP contribution in [0.2, 0.25) is 5.02 Å². The number of benzene rings is 2. The second-order valence-electron chi connectivity index (χ2n) is 6.71. The van der Waals surface area contributed by atoms with E-state index in [0.717, 1.165) is 40.4 Å². The molecule has 3 aromatic rings. The topological polar surface area (TPSA) is 51.5 Å². The average molecular weight is 411 g/mol. The third-order valence-electron chi connectivity index (χ3n) is 4.81. The van der Waals surface area contributed by atoms with E-state index in [1.54, 1.807) is 17.6 Å². The van der Waals surface area contributed by atoms with E-state index in [4.69, 9.17) is 16.3 Å². The van der Waals surface area contributed by atoms with Crippen molar-refractivity contribution in [2.75, 3.05) is 6.54 Å². The summed E-state index contributed by atoms with van der Waals surface area (Å²) in [6.07, 6.45) is 0.589. The molecule has 0 saturated carbocycles. The van der Waals surface area contributed by atoms with Crippen LogP contribution in [-0.4, -0.2) is 23.2 Å². The molecule has 1 aromatic heterocycles. The van der Waals surface area contributed by atoms with Gasteiger partial charge in [-0.1, -0.05) is 29.8 Å². The molecule has 1 aliphatic heterocycles. The molecule has 0 spiro atoms. The van der Waals surface area contributed by atoms with Crippen molar-refractivity contribution in [1.29, 1.82) is 0 Å². The van der Waals surface area contributed by atoms with Crippen molar-refractivity contribution in [1.82, 2.24) is 4.98 Å². The fraction of sp³-hybridized carbons (Fsp3) is 0.227. The summed E-state index contributed by atoms with van der Waals surface area (Å²) in [4.78, 5) is 22.4. The Morgan fingerprint density at radius 2 is 2.00 bits per heavy atom. The van der Waals surface area contributed by atoms with Crippen molar-refractivity contribution in [3.05, 3.63) is 85.8 Å². The standard InChI is InChI=1S/C22H19ClN2O2S/c1-13-21(28-12-25-13)14(2)27-22(26)17-5-3-16(4-6-17)20-19-11-18(23)8-7-15(19)9-10-24-20/h3-8,11-12,14H,9-10H2,1-2H3. The summed E-state index contributed by atoms with van der Waals surface area (Å²) >= 11 is 7.67. The minimum absolute atomic E-state index is 0.323. The second-order valence-corrected chi connectivity index (χ2v) is 8.03. The zero-order valence-electron chi connectivity index (χ0n) is 15.6. The van der Waals surface area contributed by atoms with Gasteiger partial charge in [-0.2, -0.15) is 0 Å². The molecule has 0 aliphatic carbocycles. The van der Waals surface area contributed by atoms with E-state index in [2.05, 4.69) is 16.0 Å². The van der Waals surface area contributed by atoms with Crippen LogP contribution < -0.4 is 0 Å². The van der Waals surface area contributed by atoms with Crippen LogP contribution >= 0.6 is 22.9 Å². The van der Waals surface area contributed by atoms with Crippen LogP contribution in [0.5, 0.6) is 0 Å². The molecule has 0 amide bonds. The molecule has 6 heteroatoms. The molecule has 0 fully saturated rings. The van der Waals surface area contributed by atoms with Crippen LogP contribution in [0.1, 0.15) is 50.6 Å². The van der Waals surface area contributed by atoms with Crippen molar-refractivity contribution >= 4 is 34.6 Å². The molecular weight excluding hydrogens is 392 g/mol. The van der Waals surface area contributed by atoms with E-state index < -0.39 is 0 Å². The number of rotatable bonds is 4. The number of fused-ring (bicyclic) bond motifs is 1. The molecule has 0 bridgehead atoms. The smallest absolute Gasteiger partial charge is 0.338 e. The highest BCUT2D eigenvalue weighted by atomic mass is 35.5. The molecule has 1 aliphatic rings. The Morgan fingerprint density at radius 3 is 2.71 bits per heavy atom. The molecule has 2 heterocycles. The minimum atomic E-state index is -0.346. The zero-order valence-corrected chi connectivity index (χ0v) is 17.2. The van der Waals surface area contributed by atoms with Crippen LogP contribution in [0.15, 0.2) is 53.0 Å². The third-order valence-corrected chi connectivity index (χ3v) is 6.13. The normalized spacial score (nSPS) is 14.2. The molecule has 1 atom stereocenters. The maximum Gasteiger partial charge on any atom is 0.338 e. The first-order valence-electron chi connectivity index (χ1n) is 9.07. The summed E-state index contributed by atoms with van der Waals surface area (Å²) in [6, 6.07) is 13.3. The van der Waals surface area contributed by atoms with E-state index in [1.807, 2.05) is 38.1 Å². The van der Waals surface area contributed by atoms with Crippen molar-refractivity contribution in [3.8, 4) is 0 Å². The van der Waals surface area contributed by atoms with Gasteiger partial charge in [0.25, 0.3) is 0 Å². The van der Waals surface area contributed by atoms with Crippen molar-refractivity contribution in [3.63, 3.8) is 0 Å². The predicted molar refractivity (Wildman–Crippen MR) is 113 cm³/mol. The number of ether oxygens (including phenoxy) is 1. The number of esters is 1. The van der Waals surface area contributed by atoms with Gasteiger partial charge in [-0.25, -0.2) is 9.78 Å². The van der Waals surface area contributed by atoms with E-state index in [-0.39, 0.29) is 12.1 Å². The van der Waals surface area contributed by atoms with Crippen LogP contribution in [0.25, 0.3) is 0 Å². The number of hydrogen-bond acceptors (Lipinski definition) is 5. The highest BCUT2D eigenvalue weighted by Crippen LogP contribution is 2.26. The van der Waals surface area contributed by atoms with Gasteiger partial charge in [-0.3, -0.25) is 4.99 Å². The Balaban J connectivity index is 1.53. The number of carbonyl (C=O) groups is 1. The average Bonchev–Trinajstić information content (AvgIpc) is 3.13. The molecule has 28 heavy (non-hydrogen) atoms. The maximum atomic E-state index is 12.5. The van der Waals surface area contributed by atoms with Gasteiger partial charge in [-0.05, 0) is 50.1 Å². The minimum Gasteiger partial charge on any atom is -0.453 e. The number of carbonyl (C=O) groups excluding carboxylic acids is 1. The molecule has 0 radical (unpaired) electrons. The van der Waals surface area contributed by atoms with E-state index >= 15 is 0 Å². The molecule has 4 nitrogen and oxygen atoms in total. The van der Waals surface area contributed by atoms with Gasteiger partial charge in [0.05, 0.1) is 27.4 Å². The molecular formula is C22H19ClN2O2S. The van der Waals surface area contributed by atoms with Gasteiger partial charge in [0.1, 0.15) is 6.10 Å². The van der Waals surface area contributed by atoms with Gasteiger partial charge < -0.3 is 4.74 Å². The molecule has 2 aromatic carbocycles. The first-order chi connectivity index (χ1) is 13.5. The number of aromatic nitrogens is 1. The third kappa shape index (κ3) is 3.73. The lowest BCUT2D eigenvalue weighted by molar-refractivity contribution is 0.0343. The van der Waals surface area contributed by atoms with E-state index in [9.17, 15) is 4.79 Å². The summed E-state index contributed by atoms with van der Waals surface area (Å²) < 4.78 is 5.60. The van der Waals surface area contributed by atoms with Gasteiger partial charge >= 0.3 is 5.97 Å². The fourth-order valence-electron chi connectivity index (χ4n) is 3.35. The van der Waals surface area contributed by atoms with Gasteiger partial charge in [0.2, 0.25) is 0 Å². The molecule has 4 rings (SSSR count). The number of halogens is 1. The fourth-order valence-corrected chi connectivity index (χ4v) is 4.31. The Hall–Kier alpha value is -2.50. The van der Waals surface area contributed by atoms with Crippen LogP contribution in [0, 0.1) is 6.92 Å². The SMILES string of the molecule is Cc1ncsc1C(C)OC(=O)c1ccc(C2=NCCc3ccc(Cl)cc32)cc1. The monoisotopic (exact) mass is 410 g/mol. The Bertz CT molecular complexity index is 1060. The van der Waals surface area contributed by atoms with Crippen LogP contribution in [-0.2, 0) is 11.2 Å². The summed E-state index contributed by atoms with van der Waals surface area (Å²) in [6.45, 7) is 4.53. The highest BCUT2D eigenvalue weighted by Gasteiger charge is 2.19. The van der Waals surface area contributed by atoms with Crippen molar-refractivity contribution in [2.24, 2.45) is 4.99 Å². The van der Waals surface area contributed by atoms with Crippen LogP contribution in [0.3, 0.4) is 0 Å². The molecule has 0 saturated heterocycles. The molecule has 142 valence electrons. The van der Waals surface area contributed by atoms with E-state index in [1.165, 1.54) is 16.9 Å². The molecule has 0 N–H and O–H groups in total. The summed E-state index contributed by atoms with van der Waals surface area (Å²) in [5, 5.41) is 0.695. The summed E-state index contributed by atoms with van der Waals surface area (Å²) in [5.74, 6) is -0.346. The highest BCUT2D eigenvalue weighted by molar-refractivity contribution is 7.09. The number of thiazole rings is 1. The lowest BCUT2D eigenvalue weighted by atomic mass is 9.93. The second kappa shape index (κ2) is 7.86. The number of hydrogen-bond donors (Lipinski definition) is 0. The first kappa shape index (κ1) is 18.8. The predicted octanol–water partition coefficient (Wildman–Crippen LogP) is 5.42. The van der Waals surface area contributed by atoms with Gasteiger partial charge in [0.15, 0.2) is 0 Å². The number of nitrogens with zero attached hydrogens (tertiary/aromatic N) is 2. The van der Waals surface area contributed by atoms with Crippen molar-refractivity contribution < 1.29 is 9.53 Å². The molecule has 1 unspecified atom stereocenters. The number of aryl methyl sites for hydroxylation is 1. The lowest BCUT2D eigenvalue weighted by Crippen LogP contribution is -2.14. The van der Waals surface area contributed by atoms with Gasteiger partial charge in [-0.15, -0.1) is 11.3 Å². The van der Waals surface area contributed by atoms with Crippen molar-refractivity contribution in [2.45, 2.75) is 26.4 Å². The first-order valence-corrected chi connectivity index (χ1v) is 10.3. The maximum absolute atomic E-state index is 12.5. The summed E-state index contributed by atoms with van der Waals surface area (Å²) in [7, 11) is 0. The Labute approximate surface area is 172 Å². The number of aliphatic imine (C=N–C) groups is 1.